The summed E-state index contributed by atoms with van der Waals surface area (Å²) in [6, 6.07) is 10.8. The number of nitro groups is 1. The molecule has 0 aliphatic carbocycles. The molecule has 0 fully saturated rings. The molecule has 1 amide bonds. The van der Waals surface area contributed by atoms with Crippen molar-refractivity contribution in [1.82, 2.24) is 14.8 Å². The molecule has 1 aliphatic rings. The molecule has 0 unspecified atom stereocenters. The number of carbonyl (C=O) groups is 1. The molecule has 3 aromatic rings. The smallest absolute Gasteiger partial charge is 0.320 e. The van der Waals surface area contributed by atoms with Gasteiger partial charge in [0.15, 0.2) is 0 Å². The topological polar surface area (TPSA) is 114 Å². The van der Waals surface area contributed by atoms with Gasteiger partial charge in [-0.05, 0) is 30.7 Å². The van der Waals surface area contributed by atoms with Gasteiger partial charge in [0.2, 0.25) is 5.69 Å². The van der Waals surface area contributed by atoms with Crippen LogP contribution in [0.5, 0.6) is 5.75 Å². The number of hydrazone groups is 1. The molecule has 0 saturated carbocycles. The van der Waals surface area contributed by atoms with Crippen LogP contribution in [0, 0.1) is 10.1 Å². The van der Waals surface area contributed by atoms with Crippen molar-refractivity contribution in [1.29, 1.82) is 0 Å². The first-order valence-electron chi connectivity index (χ1n) is 9.66. The van der Waals surface area contributed by atoms with Gasteiger partial charge in [-0.25, -0.2) is 5.01 Å². The number of nitrogens with zero attached hydrogens (tertiary/aromatic N) is 5. The summed E-state index contributed by atoms with van der Waals surface area (Å²) in [5.74, 6) is -0.762. The lowest BCUT2D eigenvalue weighted by Gasteiger charge is -2.21. The van der Waals surface area contributed by atoms with E-state index in [1.165, 1.54) is 16.9 Å². The zero-order chi connectivity index (χ0) is 23.0. The lowest BCUT2D eigenvalue weighted by atomic mass is 9.97. The maximum Gasteiger partial charge on any atom is 0.320 e. The Hall–Kier alpha value is -3.43. The summed E-state index contributed by atoms with van der Waals surface area (Å²) >= 11 is 12.2. The second kappa shape index (κ2) is 8.60. The fourth-order valence-corrected chi connectivity index (χ4v) is 3.82. The molecule has 164 valence electrons. The first-order chi connectivity index (χ1) is 15.3. The normalized spacial score (nSPS) is 15.7. The number of phenols is 1. The van der Waals surface area contributed by atoms with Gasteiger partial charge in [-0.15, -0.1) is 0 Å². The number of aromatic hydroxyl groups is 1. The summed E-state index contributed by atoms with van der Waals surface area (Å²) in [6.45, 7) is 2.11. The lowest BCUT2D eigenvalue weighted by molar-refractivity contribution is -0.385. The average Bonchev–Trinajstić information content (AvgIpc) is 3.40. The van der Waals surface area contributed by atoms with E-state index in [9.17, 15) is 20.0 Å². The molecule has 2 heterocycles. The van der Waals surface area contributed by atoms with E-state index in [2.05, 4.69) is 10.2 Å². The van der Waals surface area contributed by atoms with E-state index < -0.39 is 22.6 Å². The molecule has 32 heavy (non-hydrogen) atoms. The van der Waals surface area contributed by atoms with Gasteiger partial charge in [0.1, 0.15) is 11.9 Å². The molecule has 1 aliphatic heterocycles. The average molecular weight is 474 g/mol. The van der Waals surface area contributed by atoms with Crippen molar-refractivity contribution in [3.8, 4) is 5.75 Å². The highest BCUT2D eigenvalue weighted by atomic mass is 35.5. The number of phenolic OH excluding ortho intramolecular Hbond substituents is 1. The van der Waals surface area contributed by atoms with Gasteiger partial charge in [-0.3, -0.25) is 19.6 Å². The molecule has 11 heteroatoms. The van der Waals surface area contributed by atoms with Gasteiger partial charge in [-0.2, -0.15) is 10.2 Å². The SMILES string of the molecule is CCn1cc([N+](=O)[O-])c(C(=O)N2N=C(c3ccc(Cl)c(Cl)c3)C[C@@H]2c2ccccc2O)n1. The first-order valence-corrected chi connectivity index (χ1v) is 10.4. The zero-order valence-electron chi connectivity index (χ0n) is 16.8. The largest absolute Gasteiger partial charge is 0.508 e. The Morgan fingerprint density at radius 3 is 2.66 bits per heavy atom. The molecule has 0 saturated heterocycles. The predicted octanol–water partition coefficient (Wildman–Crippen LogP) is 4.82. The highest BCUT2D eigenvalue weighted by Gasteiger charge is 2.39. The number of halogens is 2. The van der Waals surface area contributed by atoms with Crippen LogP contribution in [0.4, 0.5) is 5.69 Å². The van der Waals surface area contributed by atoms with Crippen molar-refractivity contribution in [3.05, 3.63) is 85.6 Å². The Morgan fingerprint density at radius 2 is 2.00 bits per heavy atom. The zero-order valence-corrected chi connectivity index (χ0v) is 18.3. The molecular weight excluding hydrogens is 457 g/mol. The molecular formula is C21H17Cl2N5O4. The number of amides is 1. The standard InChI is InChI=1S/C21H17Cl2N5O4/c1-2-26-11-18(28(31)32)20(25-26)21(30)27-17(13-5-3-4-6-19(13)29)10-16(24-27)12-7-8-14(22)15(23)9-12/h3-9,11,17,29H,2,10H2,1H3/t17-/m1/s1. The molecule has 0 spiro atoms. The molecule has 1 N–H and O–H groups in total. The van der Waals surface area contributed by atoms with Crippen molar-refractivity contribution >= 4 is 40.5 Å². The van der Waals surface area contributed by atoms with Crippen molar-refractivity contribution in [2.24, 2.45) is 5.10 Å². The number of hydrogen-bond acceptors (Lipinski definition) is 6. The fraction of sp³-hybridized carbons (Fsp3) is 0.190. The molecule has 2 aromatic carbocycles. The highest BCUT2D eigenvalue weighted by Crippen LogP contribution is 2.39. The van der Waals surface area contributed by atoms with Crippen molar-refractivity contribution < 1.29 is 14.8 Å². The minimum absolute atomic E-state index is 0.0190. The molecule has 1 atom stereocenters. The molecule has 1 aromatic heterocycles. The molecule has 4 rings (SSSR count). The Balaban J connectivity index is 1.81. The van der Waals surface area contributed by atoms with Crippen LogP contribution in [0.3, 0.4) is 0 Å². The fourth-order valence-electron chi connectivity index (χ4n) is 3.53. The quantitative estimate of drug-likeness (QED) is 0.421. The minimum atomic E-state index is -0.743. The molecule has 9 nitrogen and oxygen atoms in total. The van der Waals surface area contributed by atoms with Gasteiger partial charge in [0.05, 0.1) is 26.7 Å². The monoisotopic (exact) mass is 473 g/mol. The van der Waals surface area contributed by atoms with E-state index in [4.69, 9.17) is 23.2 Å². The maximum absolute atomic E-state index is 13.4. The Morgan fingerprint density at radius 1 is 1.25 bits per heavy atom. The van der Waals surface area contributed by atoms with Crippen LogP contribution >= 0.6 is 23.2 Å². The first kappa shape index (κ1) is 21.8. The number of rotatable bonds is 5. The van der Waals surface area contributed by atoms with Crippen molar-refractivity contribution in [3.63, 3.8) is 0 Å². The third-order valence-electron chi connectivity index (χ3n) is 5.13. The summed E-state index contributed by atoms with van der Waals surface area (Å²) in [5, 5.41) is 32.3. The number of para-hydroxylation sites is 1. The van der Waals surface area contributed by atoms with Crippen LogP contribution in [0.15, 0.2) is 53.8 Å². The van der Waals surface area contributed by atoms with E-state index in [1.807, 2.05) is 0 Å². The van der Waals surface area contributed by atoms with Gasteiger partial charge < -0.3 is 5.11 Å². The molecule has 0 radical (unpaired) electrons. The Bertz CT molecular complexity index is 1260. The van der Waals surface area contributed by atoms with Crippen LogP contribution in [0.1, 0.15) is 41.0 Å². The van der Waals surface area contributed by atoms with E-state index in [0.717, 1.165) is 5.01 Å². The Kier molecular flexibility index (Phi) is 5.86. The lowest BCUT2D eigenvalue weighted by Crippen LogP contribution is -2.28. The van der Waals surface area contributed by atoms with E-state index >= 15 is 0 Å². The van der Waals surface area contributed by atoms with E-state index in [0.29, 0.717) is 33.4 Å². The summed E-state index contributed by atoms with van der Waals surface area (Å²) in [5.41, 5.74) is 0.881. The van der Waals surface area contributed by atoms with Crippen molar-refractivity contribution in [2.45, 2.75) is 25.9 Å². The number of benzene rings is 2. The number of aromatic nitrogens is 2. The van der Waals surface area contributed by atoms with Crippen molar-refractivity contribution in [2.75, 3.05) is 0 Å². The van der Waals surface area contributed by atoms with E-state index in [-0.39, 0.29) is 17.9 Å². The number of hydrogen-bond donors (Lipinski definition) is 1. The summed E-state index contributed by atoms with van der Waals surface area (Å²) in [4.78, 5) is 24.3. The van der Waals surface area contributed by atoms with Gasteiger partial charge >= 0.3 is 11.6 Å². The van der Waals surface area contributed by atoms with Crippen LogP contribution in [0.25, 0.3) is 0 Å². The van der Waals surface area contributed by atoms with Crippen LogP contribution < -0.4 is 0 Å². The summed E-state index contributed by atoms with van der Waals surface area (Å²) in [6.07, 6.45) is 1.46. The van der Waals surface area contributed by atoms with Gasteiger partial charge in [-0.1, -0.05) is 47.5 Å². The Labute approximate surface area is 192 Å². The molecule has 0 bridgehead atoms. The van der Waals surface area contributed by atoms with Crippen LogP contribution in [-0.4, -0.2) is 36.4 Å². The highest BCUT2D eigenvalue weighted by molar-refractivity contribution is 6.42. The maximum atomic E-state index is 13.4. The third-order valence-corrected chi connectivity index (χ3v) is 5.87. The second-order valence-electron chi connectivity index (χ2n) is 7.08. The number of aryl methyl sites for hydroxylation is 1. The second-order valence-corrected chi connectivity index (χ2v) is 7.89. The number of carbonyl (C=O) groups excluding carboxylic acids is 1. The van der Waals surface area contributed by atoms with Gasteiger partial charge in [0, 0.05) is 18.5 Å². The van der Waals surface area contributed by atoms with Gasteiger partial charge in [0.25, 0.3) is 0 Å². The van der Waals surface area contributed by atoms with E-state index in [1.54, 1.807) is 43.3 Å². The summed E-state index contributed by atoms with van der Waals surface area (Å²) < 4.78 is 1.32. The minimum Gasteiger partial charge on any atom is -0.508 e. The third kappa shape index (κ3) is 3.92. The van der Waals surface area contributed by atoms with Crippen LogP contribution in [-0.2, 0) is 6.54 Å². The van der Waals surface area contributed by atoms with Crippen LogP contribution in [0.2, 0.25) is 10.0 Å². The predicted molar refractivity (Wildman–Crippen MR) is 119 cm³/mol. The summed E-state index contributed by atoms with van der Waals surface area (Å²) in [7, 11) is 0.